The molecule has 3 aromatic heterocycles. The highest BCUT2D eigenvalue weighted by Crippen LogP contribution is 2.48. The molecule has 38 heavy (non-hydrogen) atoms. The van der Waals surface area contributed by atoms with Crippen LogP contribution in [-0.2, 0) is 0 Å². The van der Waals surface area contributed by atoms with Crippen molar-refractivity contribution in [1.82, 2.24) is 24.5 Å². The van der Waals surface area contributed by atoms with Gasteiger partial charge in [0.25, 0.3) is 5.91 Å². The van der Waals surface area contributed by atoms with Gasteiger partial charge in [0.15, 0.2) is 0 Å². The van der Waals surface area contributed by atoms with Crippen molar-refractivity contribution in [2.24, 2.45) is 11.6 Å². The summed E-state index contributed by atoms with van der Waals surface area (Å²) in [5.74, 6) is 2.66. The van der Waals surface area contributed by atoms with Gasteiger partial charge in [0.2, 0.25) is 17.6 Å². The molecule has 0 radical (unpaired) electrons. The predicted octanol–water partition coefficient (Wildman–Crippen LogP) is 2.88. The van der Waals surface area contributed by atoms with Gasteiger partial charge in [-0.15, -0.1) is 0 Å². The quantitative estimate of drug-likeness (QED) is 0.201. The van der Waals surface area contributed by atoms with Gasteiger partial charge in [-0.3, -0.25) is 9.20 Å². The lowest BCUT2D eigenvalue weighted by molar-refractivity contribution is -0.0925. The molecule has 1 aliphatic rings. The zero-order valence-corrected chi connectivity index (χ0v) is 20.4. The number of aryl methyl sites for hydroxylation is 1. The number of nitrogens with zero attached hydrogens (tertiary/aromatic N) is 5. The van der Waals surface area contributed by atoms with Crippen molar-refractivity contribution in [1.29, 1.82) is 0 Å². The fraction of sp³-hybridized carbons (Fsp3) is 0.280. The Morgan fingerprint density at radius 1 is 1.34 bits per heavy atom. The zero-order valence-electron chi connectivity index (χ0n) is 20.4. The maximum absolute atomic E-state index is 13.2. The molecule has 0 unspecified atom stereocenters. The second-order valence-electron chi connectivity index (χ2n) is 9.23. The minimum atomic E-state index is -2.69. The average Bonchev–Trinajstić information content (AvgIpc) is 3.51. The van der Waals surface area contributed by atoms with Gasteiger partial charge in [-0.05, 0) is 30.7 Å². The number of fused-ring (bicyclic) bond motifs is 1. The Morgan fingerprint density at radius 2 is 2.13 bits per heavy atom. The SMILES string of the molecule is Cc1ccc(-c2noc(C3CC(F)(F)C3)n2)cc1NC(=O)c1cnc2cc(/C(N)=C/N(N)CCO)ccn12. The highest BCUT2D eigenvalue weighted by molar-refractivity contribution is 6.04. The number of hydrogen-bond acceptors (Lipinski definition) is 9. The lowest BCUT2D eigenvalue weighted by Crippen LogP contribution is -2.33. The van der Waals surface area contributed by atoms with Gasteiger partial charge in [-0.25, -0.2) is 19.6 Å². The molecular formula is C25H26F2N8O3. The van der Waals surface area contributed by atoms with E-state index in [1.54, 1.807) is 40.9 Å². The van der Waals surface area contributed by atoms with Crippen LogP contribution in [0.4, 0.5) is 14.5 Å². The third kappa shape index (κ3) is 5.06. The van der Waals surface area contributed by atoms with Crippen molar-refractivity contribution >= 4 is 22.9 Å². The fourth-order valence-corrected chi connectivity index (χ4v) is 4.20. The van der Waals surface area contributed by atoms with Crippen LogP contribution in [0.3, 0.4) is 0 Å². The Kier molecular flexibility index (Phi) is 6.55. The summed E-state index contributed by atoms with van der Waals surface area (Å²) in [5.41, 5.74) is 9.82. The first kappa shape index (κ1) is 25.3. The molecule has 0 spiro atoms. The molecule has 198 valence electrons. The van der Waals surface area contributed by atoms with Crippen LogP contribution >= 0.6 is 0 Å². The number of amides is 1. The van der Waals surface area contributed by atoms with E-state index in [4.69, 9.17) is 21.2 Å². The number of benzene rings is 1. The van der Waals surface area contributed by atoms with Gasteiger partial charge >= 0.3 is 0 Å². The van der Waals surface area contributed by atoms with Crippen molar-refractivity contribution in [3.05, 3.63) is 71.6 Å². The summed E-state index contributed by atoms with van der Waals surface area (Å²) in [6.45, 7) is 1.95. The molecule has 11 nitrogen and oxygen atoms in total. The van der Waals surface area contributed by atoms with Crippen LogP contribution in [0, 0.1) is 6.92 Å². The third-order valence-corrected chi connectivity index (χ3v) is 6.37. The maximum Gasteiger partial charge on any atom is 0.274 e. The van der Waals surface area contributed by atoms with Crippen LogP contribution in [0.25, 0.3) is 22.7 Å². The monoisotopic (exact) mass is 524 g/mol. The largest absolute Gasteiger partial charge is 0.397 e. The van der Waals surface area contributed by atoms with E-state index < -0.39 is 17.7 Å². The van der Waals surface area contributed by atoms with E-state index in [-0.39, 0.29) is 37.7 Å². The van der Waals surface area contributed by atoms with E-state index >= 15 is 0 Å². The number of nitrogens with two attached hydrogens (primary N) is 2. The third-order valence-electron chi connectivity index (χ3n) is 6.37. The number of halogens is 2. The van der Waals surface area contributed by atoms with Crippen LogP contribution in [0.5, 0.6) is 0 Å². The minimum absolute atomic E-state index is 0.113. The fourth-order valence-electron chi connectivity index (χ4n) is 4.20. The predicted molar refractivity (Wildman–Crippen MR) is 135 cm³/mol. The first-order valence-electron chi connectivity index (χ1n) is 11.8. The number of aromatic nitrogens is 4. The summed E-state index contributed by atoms with van der Waals surface area (Å²) in [6.07, 6.45) is 4.02. The van der Waals surface area contributed by atoms with E-state index in [2.05, 4.69) is 20.4 Å². The van der Waals surface area contributed by atoms with E-state index in [1.807, 2.05) is 6.92 Å². The van der Waals surface area contributed by atoms with Crippen LogP contribution in [0.1, 0.15) is 46.3 Å². The van der Waals surface area contributed by atoms with E-state index in [0.29, 0.717) is 33.9 Å². The summed E-state index contributed by atoms with van der Waals surface area (Å²) >= 11 is 0. The molecule has 5 rings (SSSR count). The van der Waals surface area contributed by atoms with E-state index in [9.17, 15) is 13.6 Å². The number of pyridine rings is 1. The van der Waals surface area contributed by atoms with Crippen LogP contribution < -0.4 is 16.9 Å². The summed E-state index contributed by atoms with van der Waals surface area (Å²) in [4.78, 5) is 21.8. The van der Waals surface area contributed by atoms with Crippen molar-refractivity contribution in [2.75, 3.05) is 18.5 Å². The number of nitrogens with one attached hydrogen (secondary N) is 1. The molecule has 1 fully saturated rings. The highest BCUT2D eigenvalue weighted by atomic mass is 19.3. The summed E-state index contributed by atoms with van der Waals surface area (Å²) in [5, 5.41) is 17.1. The van der Waals surface area contributed by atoms with Crippen molar-refractivity contribution < 1.29 is 23.2 Å². The number of hydrogen-bond donors (Lipinski definition) is 4. The zero-order chi connectivity index (χ0) is 27.0. The first-order valence-corrected chi connectivity index (χ1v) is 11.8. The molecule has 1 aliphatic carbocycles. The van der Waals surface area contributed by atoms with Crippen molar-refractivity contribution in [3.8, 4) is 11.4 Å². The molecule has 1 aromatic carbocycles. The lowest BCUT2D eigenvalue weighted by atomic mass is 9.81. The number of carbonyl (C=O) groups is 1. The maximum atomic E-state index is 13.2. The Bertz CT molecular complexity index is 1520. The average molecular weight is 525 g/mol. The molecule has 6 N–H and O–H groups in total. The van der Waals surface area contributed by atoms with Gasteiger partial charge in [-0.2, -0.15) is 4.98 Å². The Balaban J connectivity index is 1.34. The Morgan fingerprint density at radius 3 is 2.87 bits per heavy atom. The molecule has 0 bridgehead atoms. The number of alkyl halides is 2. The van der Waals surface area contributed by atoms with Crippen molar-refractivity contribution in [2.45, 2.75) is 31.6 Å². The van der Waals surface area contributed by atoms with Gasteiger partial charge in [0.1, 0.15) is 11.3 Å². The number of imidazole rings is 1. The topological polar surface area (TPSA) is 161 Å². The van der Waals surface area contributed by atoms with Crippen molar-refractivity contribution in [3.63, 3.8) is 0 Å². The molecule has 3 heterocycles. The van der Waals surface area contributed by atoms with E-state index in [0.717, 1.165) is 5.56 Å². The molecule has 4 aromatic rings. The first-order chi connectivity index (χ1) is 18.1. The highest BCUT2D eigenvalue weighted by Gasteiger charge is 2.48. The number of hydrazine groups is 1. The Labute approximate surface area is 215 Å². The summed E-state index contributed by atoms with van der Waals surface area (Å²) in [6, 6.07) is 8.71. The summed E-state index contributed by atoms with van der Waals surface area (Å²) < 4.78 is 33.2. The molecule has 1 saturated carbocycles. The molecule has 0 saturated heterocycles. The Hall–Kier alpha value is -4.36. The number of anilines is 1. The molecule has 0 atom stereocenters. The van der Waals surface area contributed by atoms with Gasteiger partial charge in [0.05, 0.1) is 25.0 Å². The normalized spacial score (nSPS) is 15.4. The van der Waals surface area contributed by atoms with Crippen LogP contribution in [-0.4, -0.2) is 54.6 Å². The van der Waals surface area contributed by atoms with Gasteiger partial charge in [-0.1, -0.05) is 17.3 Å². The second kappa shape index (κ2) is 9.84. The number of carbonyl (C=O) groups excluding carboxylic acids is 1. The number of rotatable bonds is 8. The lowest BCUT2D eigenvalue weighted by Gasteiger charge is -2.31. The molecule has 1 amide bonds. The second-order valence-corrected chi connectivity index (χ2v) is 9.23. The molecule has 13 heteroatoms. The number of aliphatic hydroxyl groups is 1. The molecular weight excluding hydrogens is 498 g/mol. The van der Waals surface area contributed by atoms with Gasteiger partial charge < -0.3 is 25.7 Å². The number of aliphatic hydroxyl groups excluding tert-OH is 1. The standard InChI is InChI=1S/C25H26F2N8O3/c1-14-2-3-16(22-32-24(38-33-22)17-10-25(26,27)11-17)8-19(14)31-23(37)20-12-30-21-9-15(4-5-35(20)21)18(28)13-34(29)6-7-36/h2-5,8-9,12-13,17,36H,6-7,10-11,28-29H2,1H3,(H,31,37)/b18-13-. The van der Waals surface area contributed by atoms with E-state index in [1.165, 1.54) is 17.4 Å². The molecule has 0 aliphatic heterocycles. The van der Waals surface area contributed by atoms with Gasteiger partial charge in [0, 0.05) is 48.0 Å². The summed E-state index contributed by atoms with van der Waals surface area (Å²) in [7, 11) is 0. The smallest absolute Gasteiger partial charge is 0.274 e. The van der Waals surface area contributed by atoms with Crippen LogP contribution in [0.15, 0.2) is 53.4 Å². The minimum Gasteiger partial charge on any atom is -0.397 e. The van der Waals surface area contributed by atoms with Crippen LogP contribution in [0.2, 0.25) is 0 Å².